The van der Waals surface area contributed by atoms with E-state index in [2.05, 4.69) is 20.6 Å². The van der Waals surface area contributed by atoms with E-state index in [1.165, 1.54) is 12.4 Å². The number of rotatable bonds is 5. The molecule has 0 aliphatic rings. The molecule has 0 amide bonds. The number of aromatic nitrogens is 2. The molecule has 0 fully saturated rings. The summed E-state index contributed by atoms with van der Waals surface area (Å²) in [6.45, 7) is 2.58. The second-order valence-electron chi connectivity index (χ2n) is 4.18. The molecule has 0 bridgehead atoms. The van der Waals surface area contributed by atoms with Crippen LogP contribution in [0.4, 0.5) is 34.9 Å². The van der Waals surface area contributed by atoms with E-state index in [9.17, 15) is 17.6 Å². The summed E-state index contributed by atoms with van der Waals surface area (Å²) in [5, 5.41) is 5.12. The fraction of sp³-hybridized carbons (Fsp3) is 0.231. The van der Waals surface area contributed by atoms with E-state index in [4.69, 9.17) is 0 Å². The lowest BCUT2D eigenvalue weighted by molar-refractivity contribution is 0.459. The molecule has 1 aromatic carbocycles. The van der Waals surface area contributed by atoms with Gasteiger partial charge < -0.3 is 10.6 Å². The van der Waals surface area contributed by atoms with Crippen molar-refractivity contribution in [2.45, 2.75) is 13.3 Å². The van der Waals surface area contributed by atoms with Crippen LogP contribution in [0.15, 0.2) is 18.5 Å². The van der Waals surface area contributed by atoms with E-state index >= 15 is 0 Å². The summed E-state index contributed by atoms with van der Waals surface area (Å²) in [5.74, 6) is -5.71. The molecular weight excluding hydrogens is 288 g/mol. The van der Waals surface area contributed by atoms with Crippen LogP contribution in [0.1, 0.15) is 13.3 Å². The van der Waals surface area contributed by atoms with Crippen molar-refractivity contribution in [2.75, 3.05) is 17.2 Å². The Kier molecular flexibility index (Phi) is 4.56. The average Bonchev–Trinajstić information content (AvgIpc) is 2.48. The molecule has 8 heteroatoms. The third kappa shape index (κ3) is 3.39. The van der Waals surface area contributed by atoms with E-state index < -0.39 is 29.0 Å². The first-order valence-corrected chi connectivity index (χ1v) is 6.18. The topological polar surface area (TPSA) is 49.8 Å². The van der Waals surface area contributed by atoms with Crippen molar-refractivity contribution in [3.8, 4) is 0 Å². The van der Waals surface area contributed by atoms with Crippen LogP contribution in [0.2, 0.25) is 0 Å². The summed E-state index contributed by atoms with van der Waals surface area (Å²) >= 11 is 0. The lowest BCUT2D eigenvalue weighted by atomic mass is 10.2. The van der Waals surface area contributed by atoms with Gasteiger partial charge in [-0.1, -0.05) is 6.92 Å². The molecule has 0 spiro atoms. The van der Waals surface area contributed by atoms with Gasteiger partial charge in [-0.3, -0.25) is 4.98 Å². The van der Waals surface area contributed by atoms with Gasteiger partial charge in [0.2, 0.25) is 0 Å². The highest BCUT2D eigenvalue weighted by molar-refractivity contribution is 5.58. The lowest BCUT2D eigenvalue weighted by Crippen LogP contribution is -2.07. The molecule has 112 valence electrons. The zero-order valence-electron chi connectivity index (χ0n) is 11.1. The van der Waals surface area contributed by atoms with Gasteiger partial charge in [-0.15, -0.1) is 0 Å². The first kappa shape index (κ1) is 15.0. The van der Waals surface area contributed by atoms with Crippen LogP contribution in [0.3, 0.4) is 0 Å². The Balaban J connectivity index is 2.30. The molecule has 0 saturated heterocycles. The van der Waals surface area contributed by atoms with E-state index in [-0.39, 0.29) is 11.9 Å². The first-order chi connectivity index (χ1) is 10.0. The quantitative estimate of drug-likeness (QED) is 0.654. The third-order valence-electron chi connectivity index (χ3n) is 2.56. The Morgan fingerprint density at radius 3 is 2.24 bits per heavy atom. The molecule has 2 rings (SSSR count). The zero-order chi connectivity index (χ0) is 15.4. The summed E-state index contributed by atoms with van der Waals surface area (Å²) in [7, 11) is 0. The minimum atomic E-state index is -1.53. The molecule has 0 radical (unpaired) electrons. The van der Waals surface area contributed by atoms with E-state index in [1.807, 2.05) is 6.92 Å². The van der Waals surface area contributed by atoms with Gasteiger partial charge in [0.25, 0.3) is 0 Å². The Hall–Kier alpha value is -2.38. The predicted molar refractivity (Wildman–Crippen MR) is 70.4 cm³/mol. The van der Waals surface area contributed by atoms with Crippen molar-refractivity contribution in [1.82, 2.24) is 9.97 Å². The van der Waals surface area contributed by atoms with Gasteiger partial charge in [-0.2, -0.15) is 0 Å². The Bertz CT molecular complexity index is 622. The molecule has 0 aliphatic carbocycles. The number of nitrogens with zero attached hydrogens (tertiary/aromatic N) is 2. The zero-order valence-corrected chi connectivity index (χ0v) is 11.1. The number of benzene rings is 1. The smallest absolute Gasteiger partial charge is 0.185 e. The van der Waals surface area contributed by atoms with Crippen molar-refractivity contribution in [1.29, 1.82) is 0 Å². The second kappa shape index (κ2) is 6.38. The van der Waals surface area contributed by atoms with Crippen molar-refractivity contribution < 1.29 is 17.6 Å². The molecular formula is C13H12F4N4. The number of halogens is 4. The normalized spacial score (nSPS) is 10.5. The van der Waals surface area contributed by atoms with Gasteiger partial charge in [0.1, 0.15) is 11.5 Å². The van der Waals surface area contributed by atoms with Crippen LogP contribution in [-0.2, 0) is 0 Å². The maximum atomic E-state index is 13.5. The largest absolute Gasteiger partial charge is 0.369 e. The van der Waals surface area contributed by atoms with Crippen LogP contribution in [0.5, 0.6) is 0 Å². The molecule has 0 aliphatic heterocycles. The fourth-order valence-electron chi connectivity index (χ4n) is 1.58. The van der Waals surface area contributed by atoms with Crippen molar-refractivity contribution in [3.05, 3.63) is 41.7 Å². The van der Waals surface area contributed by atoms with Gasteiger partial charge in [0.05, 0.1) is 12.4 Å². The van der Waals surface area contributed by atoms with Crippen molar-refractivity contribution in [2.24, 2.45) is 0 Å². The maximum Gasteiger partial charge on any atom is 0.185 e. The lowest BCUT2D eigenvalue weighted by Gasteiger charge is -2.10. The summed E-state index contributed by atoms with van der Waals surface area (Å²) in [4.78, 5) is 7.80. The molecule has 2 N–H and O–H groups in total. The minimum Gasteiger partial charge on any atom is -0.369 e. The highest BCUT2D eigenvalue weighted by Gasteiger charge is 2.19. The van der Waals surface area contributed by atoms with Crippen LogP contribution >= 0.6 is 0 Å². The van der Waals surface area contributed by atoms with Gasteiger partial charge in [0.15, 0.2) is 29.1 Å². The molecule has 0 atom stereocenters. The maximum absolute atomic E-state index is 13.5. The molecule has 1 aromatic heterocycles. The molecule has 21 heavy (non-hydrogen) atoms. The first-order valence-electron chi connectivity index (χ1n) is 6.18. The summed E-state index contributed by atoms with van der Waals surface area (Å²) in [6.07, 6.45) is 3.44. The summed E-state index contributed by atoms with van der Waals surface area (Å²) in [5.41, 5.74) is -0.950. The third-order valence-corrected chi connectivity index (χ3v) is 2.56. The molecule has 0 saturated carbocycles. The van der Waals surface area contributed by atoms with Crippen molar-refractivity contribution in [3.63, 3.8) is 0 Å². The van der Waals surface area contributed by atoms with Crippen LogP contribution in [0.25, 0.3) is 0 Å². The van der Waals surface area contributed by atoms with Gasteiger partial charge in [0, 0.05) is 12.6 Å². The molecule has 4 nitrogen and oxygen atoms in total. The van der Waals surface area contributed by atoms with Crippen molar-refractivity contribution >= 4 is 17.3 Å². The van der Waals surface area contributed by atoms with Gasteiger partial charge in [-0.25, -0.2) is 22.5 Å². The highest BCUT2D eigenvalue weighted by atomic mass is 19.2. The molecule has 1 heterocycles. The van der Waals surface area contributed by atoms with Gasteiger partial charge >= 0.3 is 0 Å². The number of hydrogen-bond donors (Lipinski definition) is 2. The second-order valence-corrected chi connectivity index (χ2v) is 4.18. The van der Waals surface area contributed by atoms with Crippen LogP contribution in [-0.4, -0.2) is 16.5 Å². The van der Waals surface area contributed by atoms with Gasteiger partial charge in [-0.05, 0) is 6.42 Å². The standard InChI is InChI=1S/C13H12F4N4/c1-2-3-19-9-5-18-6-10(20-9)21-13-11(16)7(14)4-8(15)12(13)17/h4-6H,2-3H2,1H3,(H2,19,20,21). The molecule has 0 unspecified atom stereocenters. The number of nitrogens with one attached hydrogen (secondary N) is 2. The Morgan fingerprint density at radius 1 is 1.00 bits per heavy atom. The number of anilines is 3. The highest BCUT2D eigenvalue weighted by Crippen LogP contribution is 2.26. The Morgan fingerprint density at radius 2 is 1.62 bits per heavy atom. The Labute approximate surface area is 118 Å². The minimum absolute atomic E-state index is 0.0427. The van der Waals surface area contributed by atoms with Crippen LogP contribution < -0.4 is 10.6 Å². The SMILES string of the molecule is CCCNc1cncc(Nc2c(F)c(F)cc(F)c2F)n1. The van der Waals surface area contributed by atoms with E-state index in [0.717, 1.165) is 6.42 Å². The predicted octanol–water partition coefficient (Wildman–Crippen LogP) is 3.60. The monoisotopic (exact) mass is 300 g/mol. The van der Waals surface area contributed by atoms with E-state index in [0.29, 0.717) is 12.4 Å². The van der Waals surface area contributed by atoms with Crippen LogP contribution in [0, 0.1) is 23.3 Å². The van der Waals surface area contributed by atoms with E-state index in [1.54, 1.807) is 0 Å². The molecule has 2 aromatic rings. The number of hydrogen-bond acceptors (Lipinski definition) is 4. The summed E-state index contributed by atoms with van der Waals surface area (Å²) < 4.78 is 53.2. The summed E-state index contributed by atoms with van der Waals surface area (Å²) in [6, 6.07) is 0.140. The fourth-order valence-corrected chi connectivity index (χ4v) is 1.58. The average molecular weight is 300 g/mol.